The first-order valence-corrected chi connectivity index (χ1v) is 8.08. The predicted octanol–water partition coefficient (Wildman–Crippen LogP) is 0.248. The Morgan fingerprint density at radius 1 is 1.55 bits per heavy atom. The average molecular weight is 330 g/mol. The summed E-state index contributed by atoms with van der Waals surface area (Å²) >= 11 is 5.75. The molecule has 2 fully saturated rings. The van der Waals surface area contributed by atoms with Crippen molar-refractivity contribution in [1.29, 1.82) is 0 Å². The Bertz CT molecular complexity index is 550. The van der Waals surface area contributed by atoms with Gasteiger partial charge < -0.3 is 20.3 Å². The number of carbonyl (C=O) groups is 2. The number of halogens is 1. The van der Waals surface area contributed by atoms with Crippen LogP contribution in [-0.2, 0) is 14.3 Å². The number of rotatable bonds is 4. The van der Waals surface area contributed by atoms with E-state index < -0.39 is 35.2 Å². The molecule has 0 aromatic carbocycles. The van der Waals surface area contributed by atoms with E-state index in [1.54, 1.807) is 13.0 Å². The maximum Gasteiger partial charge on any atom is 0.339 e. The fourth-order valence-electron chi connectivity index (χ4n) is 3.96. The van der Waals surface area contributed by atoms with Crippen LogP contribution in [0.5, 0.6) is 0 Å². The van der Waals surface area contributed by atoms with E-state index in [1.165, 1.54) is 0 Å². The second kappa shape index (κ2) is 5.22. The predicted molar refractivity (Wildman–Crippen MR) is 78.1 cm³/mol. The number of amides is 1. The summed E-state index contributed by atoms with van der Waals surface area (Å²) < 4.78 is 5.30. The largest absolute Gasteiger partial charge is 0.453 e. The second-order valence-electron chi connectivity index (χ2n) is 6.43. The standard InChI is InChI=1S/C15H20ClNO5/c1-14-10(5-6-16)12(20)17-15(14,13(21)22-14)11(19)8-3-2-4-9(18)7-8/h7,9-11,18-19H,2-6H2,1H3,(H,17,20)/t9?,10-,11?,14-,15-/m0/s1. The molecule has 0 saturated carbocycles. The van der Waals surface area contributed by atoms with Crippen molar-refractivity contribution >= 4 is 23.5 Å². The van der Waals surface area contributed by atoms with Crippen molar-refractivity contribution in [3.8, 4) is 0 Å². The van der Waals surface area contributed by atoms with Crippen LogP contribution in [0, 0.1) is 5.92 Å². The second-order valence-corrected chi connectivity index (χ2v) is 6.81. The molecule has 5 atom stereocenters. The zero-order valence-corrected chi connectivity index (χ0v) is 13.1. The van der Waals surface area contributed by atoms with E-state index in [9.17, 15) is 19.8 Å². The van der Waals surface area contributed by atoms with Gasteiger partial charge in [-0.25, -0.2) is 4.79 Å². The quantitative estimate of drug-likeness (QED) is 0.390. The average Bonchev–Trinajstić information content (AvgIpc) is 2.65. The van der Waals surface area contributed by atoms with E-state index in [0.717, 1.165) is 6.42 Å². The van der Waals surface area contributed by atoms with Gasteiger partial charge in [-0.3, -0.25) is 4.79 Å². The minimum Gasteiger partial charge on any atom is -0.453 e. The molecule has 2 unspecified atom stereocenters. The van der Waals surface area contributed by atoms with E-state index >= 15 is 0 Å². The summed E-state index contributed by atoms with van der Waals surface area (Å²) in [6, 6.07) is 0. The number of aliphatic hydroxyl groups excluding tert-OH is 2. The Labute approximate surface area is 133 Å². The number of aliphatic hydroxyl groups is 2. The number of hydrogen-bond acceptors (Lipinski definition) is 5. The molecule has 22 heavy (non-hydrogen) atoms. The molecular weight excluding hydrogens is 310 g/mol. The summed E-state index contributed by atoms with van der Waals surface area (Å²) in [5.74, 6) is -1.27. The van der Waals surface area contributed by atoms with Crippen LogP contribution < -0.4 is 5.32 Å². The highest BCUT2D eigenvalue weighted by atomic mass is 35.5. The Kier molecular flexibility index (Phi) is 3.74. The minimum atomic E-state index is -1.47. The van der Waals surface area contributed by atoms with E-state index in [-0.39, 0.29) is 11.8 Å². The summed E-state index contributed by atoms with van der Waals surface area (Å²) in [5, 5.41) is 23.2. The molecule has 3 N–H and O–H groups in total. The van der Waals surface area contributed by atoms with Gasteiger partial charge in [0.25, 0.3) is 0 Å². The number of carbonyl (C=O) groups excluding carboxylic acids is 2. The van der Waals surface area contributed by atoms with Gasteiger partial charge in [-0.05, 0) is 38.2 Å². The number of ether oxygens (including phenoxy) is 1. The molecule has 0 aromatic rings. The summed E-state index contributed by atoms with van der Waals surface area (Å²) in [6.45, 7) is 1.66. The highest BCUT2D eigenvalue weighted by Crippen LogP contribution is 2.53. The van der Waals surface area contributed by atoms with Gasteiger partial charge >= 0.3 is 5.97 Å². The molecule has 2 saturated heterocycles. The Balaban J connectivity index is 1.97. The van der Waals surface area contributed by atoms with Crippen LogP contribution in [0.3, 0.4) is 0 Å². The minimum absolute atomic E-state index is 0.263. The number of nitrogens with one attached hydrogen (secondary N) is 1. The maximum atomic E-state index is 12.3. The molecule has 2 heterocycles. The van der Waals surface area contributed by atoms with Gasteiger partial charge in [0.1, 0.15) is 6.10 Å². The van der Waals surface area contributed by atoms with Gasteiger partial charge in [-0.1, -0.05) is 6.08 Å². The Hall–Kier alpha value is -1.11. The summed E-state index contributed by atoms with van der Waals surface area (Å²) in [6.07, 6.45) is 2.06. The van der Waals surface area contributed by atoms with Crippen LogP contribution in [0.25, 0.3) is 0 Å². The molecule has 1 amide bonds. The molecular formula is C15H20ClNO5. The van der Waals surface area contributed by atoms with E-state index in [4.69, 9.17) is 16.3 Å². The monoisotopic (exact) mass is 329 g/mol. The molecule has 3 rings (SSSR count). The molecule has 1 aliphatic carbocycles. The van der Waals surface area contributed by atoms with Crippen molar-refractivity contribution in [1.82, 2.24) is 5.32 Å². The van der Waals surface area contributed by atoms with Crippen LogP contribution in [0.4, 0.5) is 0 Å². The van der Waals surface area contributed by atoms with Gasteiger partial charge in [-0.15, -0.1) is 11.6 Å². The first-order valence-electron chi connectivity index (χ1n) is 7.55. The maximum absolute atomic E-state index is 12.3. The smallest absolute Gasteiger partial charge is 0.339 e. The number of esters is 1. The molecule has 6 nitrogen and oxygen atoms in total. The lowest BCUT2D eigenvalue weighted by molar-refractivity contribution is -0.232. The van der Waals surface area contributed by atoms with Crippen LogP contribution in [0.1, 0.15) is 32.6 Å². The fraction of sp³-hybridized carbons (Fsp3) is 0.733. The van der Waals surface area contributed by atoms with Crippen LogP contribution in [0.15, 0.2) is 11.6 Å². The SMILES string of the molecule is C[C@@]12OC(=O)[C@]1(C(O)C1=CC(O)CCC1)NC(=O)[C@@H]2CCCl. The van der Waals surface area contributed by atoms with Crippen molar-refractivity contribution in [2.24, 2.45) is 5.92 Å². The third-order valence-corrected chi connectivity index (χ3v) is 5.46. The number of hydrogen-bond donors (Lipinski definition) is 3. The fourth-order valence-corrected chi connectivity index (χ4v) is 4.18. The first kappa shape index (κ1) is 15.8. The molecule has 0 radical (unpaired) electrons. The van der Waals surface area contributed by atoms with Gasteiger partial charge in [0.15, 0.2) is 5.60 Å². The zero-order chi connectivity index (χ0) is 16.1. The highest BCUT2D eigenvalue weighted by Gasteiger charge is 2.79. The van der Waals surface area contributed by atoms with Crippen molar-refractivity contribution in [3.05, 3.63) is 11.6 Å². The normalized spacial score (nSPS) is 41.9. The third kappa shape index (κ3) is 1.87. The third-order valence-electron chi connectivity index (χ3n) is 5.24. The topological polar surface area (TPSA) is 95.9 Å². The molecule has 122 valence electrons. The van der Waals surface area contributed by atoms with Crippen LogP contribution in [-0.4, -0.2) is 51.3 Å². The van der Waals surface area contributed by atoms with E-state index in [1.807, 2.05) is 0 Å². The van der Waals surface area contributed by atoms with Crippen molar-refractivity contribution in [2.75, 3.05) is 5.88 Å². The van der Waals surface area contributed by atoms with Crippen molar-refractivity contribution in [3.63, 3.8) is 0 Å². The molecule has 7 heteroatoms. The summed E-state index contributed by atoms with van der Waals surface area (Å²) in [5.41, 5.74) is -2.00. The van der Waals surface area contributed by atoms with Crippen molar-refractivity contribution in [2.45, 2.75) is 56.0 Å². The van der Waals surface area contributed by atoms with E-state index in [2.05, 4.69) is 5.32 Å². The highest BCUT2D eigenvalue weighted by molar-refractivity contribution is 6.18. The molecule has 0 spiro atoms. The lowest BCUT2D eigenvalue weighted by Crippen LogP contribution is -2.79. The van der Waals surface area contributed by atoms with Crippen LogP contribution in [0.2, 0.25) is 0 Å². The molecule has 0 aromatic heterocycles. The molecule has 2 aliphatic heterocycles. The lowest BCUT2D eigenvalue weighted by atomic mass is 9.66. The zero-order valence-electron chi connectivity index (χ0n) is 12.3. The Morgan fingerprint density at radius 2 is 2.27 bits per heavy atom. The first-order chi connectivity index (χ1) is 10.4. The molecule has 0 bridgehead atoms. The van der Waals surface area contributed by atoms with Crippen LogP contribution >= 0.6 is 11.6 Å². The van der Waals surface area contributed by atoms with Crippen molar-refractivity contribution < 1.29 is 24.5 Å². The number of alkyl halides is 1. The van der Waals surface area contributed by atoms with Gasteiger partial charge in [0.2, 0.25) is 11.4 Å². The molecule has 3 aliphatic rings. The Morgan fingerprint density at radius 3 is 2.86 bits per heavy atom. The van der Waals surface area contributed by atoms with E-state index in [0.29, 0.717) is 24.8 Å². The summed E-state index contributed by atoms with van der Waals surface area (Å²) in [7, 11) is 0. The van der Waals surface area contributed by atoms with Gasteiger partial charge in [0.05, 0.1) is 12.0 Å². The van der Waals surface area contributed by atoms with Gasteiger partial charge in [0, 0.05) is 5.88 Å². The lowest BCUT2D eigenvalue weighted by Gasteiger charge is -2.53. The summed E-state index contributed by atoms with van der Waals surface area (Å²) in [4.78, 5) is 24.4. The van der Waals surface area contributed by atoms with Gasteiger partial charge in [-0.2, -0.15) is 0 Å². The number of fused-ring (bicyclic) bond motifs is 1.